The van der Waals surface area contributed by atoms with Gasteiger partial charge in [0.25, 0.3) is 0 Å². The van der Waals surface area contributed by atoms with Gasteiger partial charge in [-0.25, -0.2) is 0 Å². The fourth-order valence-electron chi connectivity index (χ4n) is 8.83. The van der Waals surface area contributed by atoms with Crippen LogP contribution in [0.2, 0.25) is 0 Å². The minimum Gasteiger partial charge on any atom is -0.454 e. The summed E-state index contributed by atoms with van der Waals surface area (Å²) in [5.41, 5.74) is 0. The summed E-state index contributed by atoms with van der Waals surface area (Å²) < 4.78 is 35.9. The van der Waals surface area contributed by atoms with Gasteiger partial charge in [-0.2, -0.15) is 0 Å². The first-order valence-corrected chi connectivity index (χ1v) is 18.6. The number of carbonyl (C=O) groups is 1. The van der Waals surface area contributed by atoms with E-state index < -0.39 is 147 Å². The third-order valence-electron chi connectivity index (χ3n) is 12.1. The molecule has 6 fully saturated rings. The van der Waals surface area contributed by atoms with Gasteiger partial charge in [-0.15, -0.1) is 0 Å². The van der Waals surface area contributed by atoms with Gasteiger partial charge >= 0.3 is 5.97 Å². The highest BCUT2D eigenvalue weighted by Crippen LogP contribution is 2.44. The van der Waals surface area contributed by atoms with Crippen molar-refractivity contribution in [2.75, 3.05) is 6.61 Å². The molecular weight excluding hydrogens is 712 g/mol. The van der Waals surface area contributed by atoms with Gasteiger partial charge < -0.3 is 89.7 Å². The molecule has 3 aliphatic carbocycles. The second-order valence-corrected chi connectivity index (χ2v) is 15.8. The first-order chi connectivity index (χ1) is 25.0. The zero-order valence-corrected chi connectivity index (χ0v) is 29.4. The highest BCUT2D eigenvalue weighted by atomic mass is 16.7. The lowest BCUT2D eigenvalue weighted by Crippen LogP contribution is -2.64. The molecule has 6 aliphatic rings. The molecule has 3 heterocycles. The van der Waals surface area contributed by atoms with E-state index in [1.54, 1.807) is 0 Å². The van der Waals surface area contributed by atoms with Crippen LogP contribution < -0.4 is 0 Å². The highest BCUT2D eigenvalue weighted by Gasteiger charge is 2.54. The van der Waals surface area contributed by atoms with Crippen LogP contribution in [0.3, 0.4) is 0 Å². The maximum absolute atomic E-state index is 13.5. The lowest BCUT2D eigenvalue weighted by atomic mass is 9.72. The summed E-state index contributed by atoms with van der Waals surface area (Å²) in [5, 5.41) is 126. The van der Waals surface area contributed by atoms with Crippen LogP contribution in [0.25, 0.3) is 0 Å². The maximum atomic E-state index is 13.5. The van der Waals surface area contributed by atoms with Gasteiger partial charge in [-0.05, 0) is 64.2 Å². The average molecular weight is 769 g/mol. The van der Waals surface area contributed by atoms with E-state index in [0.29, 0.717) is 6.42 Å². The monoisotopic (exact) mass is 768 g/mol. The van der Waals surface area contributed by atoms with Crippen molar-refractivity contribution >= 4 is 5.97 Å². The van der Waals surface area contributed by atoms with Gasteiger partial charge in [0, 0.05) is 5.92 Å². The Kier molecular flexibility index (Phi) is 13.4. The fraction of sp³-hybridized carbons (Fsp3) is 0.971. The molecule has 19 nitrogen and oxygen atoms in total. The molecule has 6 rings (SSSR count). The lowest BCUT2D eigenvalue weighted by molar-refractivity contribution is -0.347. The number of aliphatic hydroxyl groups excluding tert-OH is 12. The van der Waals surface area contributed by atoms with Crippen LogP contribution in [0.1, 0.15) is 58.3 Å². The summed E-state index contributed by atoms with van der Waals surface area (Å²) in [6.07, 6.45) is -25.3. The van der Waals surface area contributed by atoms with Crippen molar-refractivity contribution in [3.8, 4) is 0 Å². The summed E-state index contributed by atoms with van der Waals surface area (Å²) >= 11 is 0. The third kappa shape index (κ3) is 8.86. The Labute approximate surface area is 305 Å². The molecule has 306 valence electrons. The van der Waals surface area contributed by atoms with Crippen molar-refractivity contribution in [2.45, 2.75) is 181 Å². The number of esters is 1. The van der Waals surface area contributed by atoms with E-state index in [9.17, 15) is 66.1 Å². The molecule has 0 amide bonds. The summed E-state index contributed by atoms with van der Waals surface area (Å²) in [5.74, 6) is -2.99. The number of fused-ring (bicyclic) bond motifs is 1. The Morgan fingerprint density at radius 1 is 0.623 bits per heavy atom. The topological polar surface area (TPSA) is 315 Å². The lowest BCUT2D eigenvalue weighted by Gasteiger charge is -2.51. The molecule has 53 heavy (non-hydrogen) atoms. The van der Waals surface area contributed by atoms with E-state index in [-0.39, 0.29) is 50.9 Å². The standard InChI is InChI=1S/C34H56O19/c1-11-24(41)27(44)29(46)33(49-11)48-10-23-26(43)28(45)31(53-32(47)13-5-19(39)25(42)20(40)6-13)34(52-23)51-22-9-15-17(37)7-14(35)8-21(15)50-30(22)12-2-3-16(36)18(38)4-12/h11-31,33-46H,2-10H2,1H3. The molecule has 12 N–H and O–H groups in total. The van der Waals surface area contributed by atoms with Crippen LogP contribution >= 0.6 is 0 Å². The zero-order valence-electron chi connectivity index (χ0n) is 29.4. The average Bonchev–Trinajstić information content (AvgIpc) is 3.11. The Morgan fingerprint density at radius 3 is 2.00 bits per heavy atom. The zero-order chi connectivity index (χ0) is 38.5. The Bertz CT molecular complexity index is 1200. The van der Waals surface area contributed by atoms with Crippen LogP contribution in [0, 0.1) is 17.8 Å². The van der Waals surface area contributed by atoms with Crippen molar-refractivity contribution < 1.29 is 94.5 Å². The van der Waals surface area contributed by atoms with E-state index in [2.05, 4.69) is 0 Å². The predicted molar refractivity (Wildman–Crippen MR) is 172 cm³/mol. The predicted octanol–water partition coefficient (Wildman–Crippen LogP) is -5.12. The van der Waals surface area contributed by atoms with E-state index >= 15 is 0 Å². The van der Waals surface area contributed by atoms with Gasteiger partial charge in [0.05, 0.1) is 73.6 Å². The van der Waals surface area contributed by atoms with Crippen molar-refractivity contribution in [1.29, 1.82) is 0 Å². The SMILES string of the molecule is CC1OC(OCC2OC(OC3CC4C(O)CC(O)CC4OC3C3CCC(O)C(O)C3)C(OC(=O)C3CC(O)C(O)C(O)C3)C(O)C2O)C(O)C(O)C1O. The quantitative estimate of drug-likeness (QED) is 0.103. The maximum Gasteiger partial charge on any atom is 0.309 e. The number of carbonyl (C=O) groups excluding carboxylic acids is 1. The highest BCUT2D eigenvalue weighted by molar-refractivity contribution is 5.73. The van der Waals surface area contributed by atoms with E-state index in [4.69, 9.17) is 28.4 Å². The molecule has 0 radical (unpaired) electrons. The molecule has 3 saturated carbocycles. The first kappa shape index (κ1) is 41.4. The summed E-state index contributed by atoms with van der Waals surface area (Å²) in [6, 6.07) is 0. The molecule has 3 aliphatic heterocycles. The van der Waals surface area contributed by atoms with Crippen molar-refractivity contribution in [1.82, 2.24) is 0 Å². The van der Waals surface area contributed by atoms with Crippen molar-refractivity contribution in [3.63, 3.8) is 0 Å². The molecular formula is C34H56O19. The molecule has 19 heteroatoms. The number of aliphatic hydroxyl groups is 12. The van der Waals surface area contributed by atoms with Gasteiger partial charge in [0.15, 0.2) is 18.7 Å². The third-order valence-corrected chi connectivity index (χ3v) is 12.1. The number of ether oxygens (including phenoxy) is 6. The van der Waals surface area contributed by atoms with Crippen LogP contribution in [0.5, 0.6) is 0 Å². The first-order valence-electron chi connectivity index (χ1n) is 18.6. The van der Waals surface area contributed by atoms with Crippen LogP contribution in [-0.4, -0.2) is 196 Å². The van der Waals surface area contributed by atoms with Crippen molar-refractivity contribution in [2.24, 2.45) is 17.8 Å². The van der Waals surface area contributed by atoms with Crippen LogP contribution in [-0.2, 0) is 33.2 Å². The molecule has 21 atom stereocenters. The smallest absolute Gasteiger partial charge is 0.309 e. The van der Waals surface area contributed by atoms with E-state index in [1.165, 1.54) is 6.92 Å². The van der Waals surface area contributed by atoms with E-state index in [1.807, 2.05) is 0 Å². The molecule has 0 aromatic heterocycles. The number of hydrogen-bond donors (Lipinski definition) is 12. The molecule has 21 unspecified atom stereocenters. The normalized spacial score (nSPS) is 53.8. The minimum atomic E-state index is -1.89. The van der Waals surface area contributed by atoms with Gasteiger partial charge in [-0.3, -0.25) is 4.79 Å². The largest absolute Gasteiger partial charge is 0.454 e. The van der Waals surface area contributed by atoms with Crippen molar-refractivity contribution in [3.05, 3.63) is 0 Å². The fourth-order valence-corrected chi connectivity index (χ4v) is 8.83. The summed E-state index contributed by atoms with van der Waals surface area (Å²) in [6.45, 7) is 0.885. The molecule has 0 bridgehead atoms. The molecule has 0 aromatic rings. The summed E-state index contributed by atoms with van der Waals surface area (Å²) in [4.78, 5) is 13.5. The number of rotatable bonds is 8. The molecule has 0 aromatic carbocycles. The number of hydrogen-bond acceptors (Lipinski definition) is 19. The minimum absolute atomic E-state index is 0.0912. The van der Waals surface area contributed by atoms with Gasteiger partial charge in [-0.1, -0.05) is 0 Å². The van der Waals surface area contributed by atoms with Gasteiger partial charge in [0.2, 0.25) is 0 Å². The summed E-state index contributed by atoms with van der Waals surface area (Å²) in [7, 11) is 0. The Morgan fingerprint density at radius 2 is 1.32 bits per heavy atom. The van der Waals surface area contributed by atoms with Crippen LogP contribution in [0.4, 0.5) is 0 Å². The van der Waals surface area contributed by atoms with E-state index in [0.717, 1.165) is 0 Å². The molecule has 3 saturated heterocycles. The Hall–Kier alpha value is -1.21. The second kappa shape index (κ2) is 17.1. The van der Waals surface area contributed by atoms with Crippen LogP contribution in [0.15, 0.2) is 0 Å². The second-order valence-electron chi connectivity index (χ2n) is 15.8. The molecule has 0 spiro atoms. The van der Waals surface area contributed by atoms with Gasteiger partial charge in [0.1, 0.15) is 42.7 Å². The Balaban J connectivity index is 1.25.